The van der Waals surface area contributed by atoms with E-state index >= 15 is 0 Å². The number of amides is 2. The Hall–Kier alpha value is -5.98. The summed E-state index contributed by atoms with van der Waals surface area (Å²) in [5, 5.41) is 13.9. The minimum atomic E-state index is -3.92. The summed E-state index contributed by atoms with van der Waals surface area (Å²) in [6, 6.07) is 33.1. The van der Waals surface area contributed by atoms with Crippen LogP contribution in [0.1, 0.15) is 60.8 Å². The first kappa shape index (κ1) is 44.6. The van der Waals surface area contributed by atoms with Gasteiger partial charge in [0.1, 0.15) is 41.1 Å². The van der Waals surface area contributed by atoms with E-state index in [1.54, 1.807) is 44.6 Å². The van der Waals surface area contributed by atoms with Gasteiger partial charge in [-0.15, -0.1) is 4.67 Å². The third kappa shape index (κ3) is 9.50. The third-order valence-corrected chi connectivity index (χ3v) is 12.9. The molecule has 1 fully saturated rings. The van der Waals surface area contributed by atoms with Crippen molar-refractivity contribution in [2.45, 2.75) is 63.6 Å². The molecule has 0 saturated carbocycles. The number of nitrogens with zero attached hydrogens (tertiary/aromatic N) is 5. The molecule has 1 aliphatic rings. The first-order valence-electron chi connectivity index (χ1n) is 19.7. The molecule has 16 heteroatoms. The van der Waals surface area contributed by atoms with Crippen molar-refractivity contribution in [3.8, 4) is 17.6 Å². The largest absolute Gasteiger partial charge is 0.497 e. The van der Waals surface area contributed by atoms with Gasteiger partial charge in [0.15, 0.2) is 6.16 Å². The highest BCUT2D eigenvalue weighted by Crippen LogP contribution is 2.57. The molecule has 0 aliphatic carbocycles. The van der Waals surface area contributed by atoms with E-state index in [4.69, 9.17) is 19.0 Å². The molecular formula is C45H50N6O9P+. The van der Waals surface area contributed by atoms with Crippen LogP contribution in [0.3, 0.4) is 0 Å². The van der Waals surface area contributed by atoms with Crippen molar-refractivity contribution < 1.29 is 38.4 Å². The lowest BCUT2D eigenvalue weighted by Crippen LogP contribution is -2.65. The highest BCUT2D eigenvalue weighted by atomic mass is 31.2. The Morgan fingerprint density at radius 1 is 0.836 bits per heavy atom. The molecule has 6 rings (SSSR count). The third-order valence-electron chi connectivity index (χ3n) is 10.4. The van der Waals surface area contributed by atoms with Crippen molar-refractivity contribution in [1.29, 1.82) is 5.26 Å². The van der Waals surface area contributed by atoms with E-state index in [1.807, 2.05) is 113 Å². The number of hydrogen-bond acceptors (Lipinski definition) is 12. The number of hydroxylamine groups is 2. The first-order valence-corrected chi connectivity index (χ1v) is 21.5. The Kier molecular flexibility index (Phi) is 14.0. The van der Waals surface area contributed by atoms with Gasteiger partial charge in [0.05, 0.1) is 20.8 Å². The minimum absolute atomic E-state index is 0.0273. The standard InChI is InChI=1S/C45H49N6O9P/c1-30(2)51(31(3)4)61(55,56)29-38(27-46)60-50-39(41(43(50)53)49-26-25-40(48-44(49)54)47-42(52)32-13-9-7-10-14-32)28-59-45(33-15-11-8-12-16-33,34-17-21-36(57-5)22-18-34)35-19-23-37(58-6)24-20-35/h7-26,30-31,38-39,41,55-56H,28-29H2,1-6H3/p+1. The molecule has 0 spiro atoms. The molecule has 2 amide bonds. The highest BCUT2D eigenvalue weighted by Gasteiger charge is 2.55. The fraction of sp³-hybridized carbons (Fsp3) is 0.311. The Morgan fingerprint density at radius 3 is 1.85 bits per heavy atom. The molecule has 3 N–H and O–H groups in total. The number of hydrogen-bond donors (Lipinski definition) is 3. The number of anilines is 1. The molecule has 1 aromatic heterocycles. The zero-order valence-corrected chi connectivity index (χ0v) is 35.7. The van der Waals surface area contributed by atoms with E-state index < -0.39 is 55.3 Å². The van der Waals surface area contributed by atoms with Crippen molar-refractivity contribution in [3.05, 3.63) is 154 Å². The quantitative estimate of drug-likeness (QED) is 0.0534. The smallest absolute Gasteiger partial charge is 0.350 e. The van der Waals surface area contributed by atoms with E-state index in [0.717, 1.165) is 15.2 Å². The van der Waals surface area contributed by atoms with Gasteiger partial charge in [-0.1, -0.05) is 72.8 Å². The van der Waals surface area contributed by atoms with Crippen LogP contribution < -0.4 is 20.5 Å². The number of aromatic nitrogens is 2. The predicted octanol–water partition coefficient (Wildman–Crippen LogP) is 5.96. The van der Waals surface area contributed by atoms with Gasteiger partial charge < -0.3 is 19.5 Å². The molecular weight excluding hydrogens is 800 g/mol. The van der Waals surface area contributed by atoms with Gasteiger partial charge in [-0.25, -0.2) is 24.5 Å². The van der Waals surface area contributed by atoms with E-state index in [9.17, 15) is 29.4 Å². The van der Waals surface area contributed by atoms with Crippen molar-refractivity contribution in [3.63, 3.8) is 0 Å². The van der Waals surface area contributed by atoms with Gasteiger partial charge >= 0.3 is 13.6 Å². The molecule has 0 radical (unpaired) electrons. The Labute approximate surface area is 355 Å². The number of ether oxygens (including phenoxy) is 3. The van der Waals surface area contributed by atoms with Crippen LogP contribution in [0.5, 0.6) is 11.5 Å². The van der Waals surface area contributed by atoms with Gasteiger partial charge in [0.2, 0.25) is 6.10 Å². The van der Waals surface area contributed by atoms with Crippen LogP contribution in [0.2, 0.25) is 0 Å². The molecule has 1 saturated heterocycles. The number of rotatable bonds is 18. The highest BCUT2D eigenvalue weighted by molar-refractivity contribution is 7.62. The number of β-lactam (4-membered cyclic amide) rings is 1. The predicted molar refractivity (Wildman–Crippen MR) is 230 cm³/mol. The van der Waals surface area contributed by atoms with Gasteiger partial charge in [0, 0.05) is 23.8 Å². The molecule has 1 aliphatic heterocycles. The lowest BCUT2D eigenvalue weighted by Gasteiger charge is -2.47. The van der Waals surface area contributed by atoms with Crippen molar-refractivity contribution in [2.75, 3.05) is 32.3 Å². The first-order chi connectivity index (χ1) is 29.2. The van der Waals surface area contributed by atoms with E-state index in [2.05, 4.69) is 10.3 Å². The molecule has 3 unspecified atom stereocenters. The van der Waals surface area contributed by atoms with Crippen molar-refractivity contribution >= 4 is 25.5 Å². The normalized spacial score (nSPS) is 16.0. The lowest BCUT2D eigenvalue weighted by atomic mass is 9.79. The summed E-state index contributed by atoms with van der Waals surface area (Å²) in [5.74, 6) is 0.0149. The van der Waals surface area contributed by atoms with Crippen LogP contribution in [-0.2, 0) is 20.0 Å². The summed E-state index contributed by atoms with van der Waals surface area (Å²) in [7, 11) is -0.782. The number of carbonyl (C=O) groups is 2. The zero-order valence-electron chi connectivity index (χ0n) is 34.8. The average Bonchev–Trinajstić information content (AvgIpc) is 3.26. The summed E-state index contributed by atoms with van der Waals surface area (Å²) in [5.41, 5.74) is 0.297. The maximum Gasteiger partial charge on any atom is 0.350 e. The SMILES string of the molecule is COc1ccc(C(OCC2C(n3ccc(NC(=O)c4ccccc4)nc3=O)C(=O)N2OC(C#N)C[P+](O)(O)N(C(C)C)C(C)C)(c2ccccc2)c2ccc(OC)cc2)cc1. The molecule has 4 aromatic carbocycles. The maximum absolute atomic E-state index is 14.2. The van der Waals surface area contributed by atoms with Gasteiger partial charge in [-0.2, -0.15) is 10.2 Å². The van der Waals surface area contributed by atoms with Crippen LogP contribution >= 0.6 is 7.87 Å². The number of carbonyl (C=O) groups excluding carboxylic acids is 2. The summed E-state index contributed by atoms with van der Waals surface area (Å²) in [4.78, 5) is 73.8. The molecule has 3 atom stereocenters. The molecule has 61 heavy (non-hydrogen) atoms. The van der Waals surface area contributed by atoms with Gasteiger partial charge in [-0.3, -0.25) is 14.2 Å². The Morgan fingerprint density at radius 2 is 1.36 bits per heavy atom. The fourth-order valence-electron chi connectivity index (χ4n) is 7.74. The second-order valence-corrected chi connectivity index (χ2v) is 17.2. The second-order valence-electron chi connectivity index (χ2n) is 15.0. The molecule has 2 heterocycles. The molecule has 0 bridgehead atoms. The average molecular weight is 850 g/mol. The topological polar surface area (TPSA) is 189 Å². The summed E-state index contributed by atoms with van der Waals surface area (Å²) in [6.07, 6.45) is -0.628. The van der Waals surface area contributed by atoms with Crippen LogP contribution in [0.15, 0.2) is 126 Å². The maximum atomic E-state index is 14.2. The van der Waals surface area contributed by atoms with Crippen LogP contribution in [0.4, 0.5) is 5.82 Å². The molecule has 318 valence electrons. The number of nitrogens with one attached hydrogen (secondary N) is 1. The molecule has 15 nitrogen and oxygen atoms in total. The Balaban J connectivity index is 1.41. The summed E-state index contributed by atoms with van der Waals surface area (Å²) < 4.78 is 20.7. The van der Waals surface area contributed by atoms with Crippen molar-refractivity contribution in [2.24, 2.45) is 0 Å². The minimum Gasteiger partial charge on any atom is -0.497 e. The lowest BCUT2D eigenvalue weighted by molar-refractivity contribution is -0.259. The number of methoxy groups -OCH3 is 2. The van der Waals surface area contributed by atoms with Crippen LogP contribution in [0.25, 0.3) is 0 Å². The van der Waals surface area contributed by atoms with E-state index in [0.29, 0.717) is 28.2 Å². The van der Waals surface area contributed by atoms with E-state index in [1.165, 1.54) is 16.9 Å². The number of benzene rings is 4. The number of nitriles is 1. The fourth-order valence-corrected chi connectivity index (χ4v) is 10.0. The zero-order chi connectivity index (χ0) is 43.9. The summed E-state index contributed by atoms with van der Waals surface area (Å²) in [6.45, 7) is 6.98. The summed E-state index contributed by atoms with van der Waals surface area (Å²) >= 11 is 0. The second kappa shape index (κ2) is 19.2. The van der Waals surface area contributed by atoms with E-state index in [-0.39, 0.29) is 24.5 Å². The van der Waals surface area contributed by atoms with Gasteiger partial charge in [0.25, 0.3) is 11.8 Å². The Bertz CT molecular complexity index is 2320. The van der Waals surface area contributed by atoms with Crippen molar-refractivity contribution in [1.82, 2.24) is 19.3 Å². The van der Waals surface area contributed by atoms with Gasteiger partial charge in [-0.05, 0) is 86.8 Å². The van der Waals surface area contributed by atoms with Crippen LogP contribution in [0, 0.1) is 11.3 Å². The molecule has 5 aromatic rings. The van der Waals surface area contributed by atoms with Crippen LogP contribution in [-0.4, -0.2) is 92.1 Å². The monoisotopic (exact) mass is 849 g/mol.